The Hall–Kier alpha value is -1.69. The first kappa shape index (κ1) is 14.7. The number of aliphatic carboxylic acids is 1. The van der Waals surface area contributed by atoms with Crippen LogP contribution in [0.3, 0.4) is 0 Å². The number of hydrogen-bond donors (Lipinski definition) is 2. The number of thiophene rings is 1. The summed E-state index contributed by atoms with van der Waals surface area (Å²) < 4.78 is 0. The van der Waals surface area contributed by atoms with Crippen molar-refractivity contribution in [2.75, 3.05) is 5.32 Å². The van der Waals surface area contributed by atoms with Crippen LogP contribution in [-0.2, 0) is 4.79 Å². The molecule has 0 fully saturated rings. The van der Waals surface area contributed by atoms with Crippen molar-refractivity contribution >= 4 is 33.3 Å². The summed E-state index contributed by atoms with van der Waals surface area (Å²) in [7, 11) is 0. The van der Waals surface area contributed by atoms with Gasteiger partial charge in [0, 0.05) is 4.88 Å². The SMILES string of the molecule is Cc1nc(NC(C(=O)O)C(C)C)c2c(C)c(C)sc2n1. The van der Waals surface area contributed by atoms with Gasteiger partial charge in [-0.05, 0) is 32.3 Å². The molecule has 2 N–H and O–H groups in total. The number of anilines is 1. The number of nitrogens with one attached hydrogen (secondary N) is 1. The number of hydrogen-bond acceptors (Lipinski definition) is 5. The van der Waals surface area contributed by atoms with E-state index in [-0.39, 0.29) is 5.92 Å². The van der Waals surface area contributed by atoms with E-state index in [1.165, 1.54) is 4.88 Å². The lowest BCUT2D eigenvalue weighted by atomic mass is 10.0. The molecule has 1 atom stereocenters. The van der Waals surface area contributed by atoms with Crippen LogP contribution in [0.4, 0.5) is 5.82 Å². The summed E-state index contributed by atoms with van der Waals surface area (Å²) in [5.74, 6) is 0.372. The van der Waals surface area contributed by atoms with Crippen molar-refractivity contribution in [3.05, 3.63) is 16.3 Å². The Balaban J connectivity index is 2.55. The van der Waals surface area contributed by atoms with Crippen LogP contribution < -0.4 is 5.32 Å². The Labute approximate surface area is 122 Å². The Kier molecular flexibility index (Phi) is 3.94. The topological polar surface area (TPSA) is 75.1 Å². The van der Waals surface area contributed by atoms with E-state index in [0.29, 0.717) is 11.6 Å². The van der Waals surface area contributed by atoms with Gasteiger partial charge in [0.1, 0.15) is 22.5 Å². The van der Waals surface area contributed by atoms with E-state index in [4.69, 9.17) is 0 Å². The van der Waals surface area contributed by atoms with Gasteiger partial charge in [-0.2, -0.15) is 0 Å². The number of nitrogens with zero attached hydrogens (tertiary/aromatic N) is 2. The fourth-order valence-electron chi connectivity index (χ4n) is 2.12. The normalized spacial score (nSPS) is 12.9. The van der Waals surface area contributed by atoms with E-state index >= 15 is 0 Å². The van der Waals surface area contributed by atoms with Crippen LogP contribution in [0.1, 0.15) is 30.1 Å². The average Bonchev–Trinajstić information content (AvgIpc) is 2.60. The predicted molar refractivity (Wildman–Crippen MR) is 81.5 cm³/mol. The molecule has 0 aliphatic rings. The van der Waals surface area contributed by atoms with Crippen LogP contribution in [0.25, 0.3) is 10.2 Å². The molecule has 2 rings (SSSR count). The first-order valence-electron chi connectivity index (χ1n) is 6.55. The number of carboxylic acid groups (broad SMARTS) is 1. The first-order valence-corrected chi connectivity index (χ1v) is 7.36. The monoisotopic (exact) mass is 293 g/mol. The van der Waals surface area contributed by atoms with Crippen LogP contribution in [-0.4, -0.2) is 27.1 Å². The van der Waals surface area contributed by atoms with E-state index in [0.717, 1.165) is 15.8 Å². The quantitative estimate of drug-likeness (QED) is 0.905. The van der Waals surface area contributed by atoms with Crippen LogP contribution in [0.2, 0.25) is 0 Å². The second-order valence-corrected chi connectivity index (χ2v) is 6.49. The predicted octanol–water partition coefficient (Wildman–Crippen LogP) is 3.14. The van der Waals surface area contributed by atoms with Gasteiger partial charge in [-0.3, -0.25) is 0 Å². The number of aromatic nitrogens is 2. The summed E-state index contributed by atoms with van der Waals surface area (Å²) in [5, 5.41) is 13.3. The number of fused-ring (bicyclic) bond motifs is 1. The summed E-state index contributed by atoms with van der Waals surface area (Å²) in [4.78, 5) is 22.3. The maximum atomic E-state index is 11.4. The zero-order valence-electron chi connectivity index (χ0n) is 12.3. The van der Waals surface area contributed by atoms with Gasteiger partial charge >= 0.3 is 5.97 Å². The van der Waals surface area contributed by atoms with E-state index in [2.05, 4.69) is 15.3 Å². The minimum absolute atomic E-state index is 0.0298. The summed E-state index contributed by atoms with van der Waals surface area (Å²) in [6, 6.07) is -0.660. The highest BCUT2D eigenvalue weighted by Crippen LogP contribution is 2.33. The molecular formula is C14H19N3O2S. The lowest BCUT2D eigenvalue weighted by Crippen LogP contribution is -2.34. The van der Waals surface area contributed by atoms with Crippen molar-refractivity contribution in [3.8, 4) is 0 Å². The van der Waals surface area contributed by atoms with Crippen LogP contribution in [0, 0.1) is 26.7 Å². The standard InChI is InChI=1S/C14H19N3O2S/c1-6(2)11(14(18)19)17-12-10-7(3)8(4)20-13(10)16-9(5)15-12/h6,11H,1-5H3,(H,18,19)(H,15,16,17). The molecule has 20 heavy (non-hydrogen) atoms. The Morgan fingerprint density at radius 3 is 2.45 bits per heavy atom. The van der Waals surface area contributed by atoms with Crippen molar-refractivity contribution in [2.45, 2.75) is 40.7 Å². The van der Waals surface area contributed by atoms with Gasteiger partial charge in [-0.25, -0.2) is 14.8 Å². The molecule has 0 aromatic carbocycles. The van der Waals surface area contributed by atoms with Gasteiger partial charge in [0.15, 0.2) is 0 Å². The van der Waals surface area contributed by atoms with E-state index < -0.39 is 12.0 Å². The summed E-state index contributed by atoms with van der Waals surface area (Å²) in [6.45, 7) is 9.63. The van der Waals surface area contributed by atoms with E-state index in [1.54, 1.807) is 11.3 Å². The molecule has 0 radical (unpaired) electrons. The average molecular weight is 293 g/mol. The Bertz CT molecular complexity index is 664. The number of aryl methyl sites for hydroxylation is 3. The molecule has 2 aromatic rings. The molecule has 2 aromatic heterocycles. The number of rotatable bonds is 4. The molecule has 0 bridgehead atoms. The van der Waals surface area contributed by atoms with Crippen LogP contribution in [0.15, 0.2) is 0 Å². The van der Waals surface area contributed by atoms with Crippen LogP contribution in [0.5, 0.6) is 0 Å². The van der Waals surface area contributed by atoms with Gasteiger partial charge in [0.05, 0.1) is 5.39 Å². The minimum Gasteiger partial charge on any atom is -0.480 e. The third-order valence-corrected chi connectivity index (χ3v) is 4.47. The van der Waals surface area contributed by atoms with Crippen molar-refractivity contribution in [1.82, 2.24) is 9.97 Å². The molecule has 0 saturated heterocycles. The maximum Gasteiger partial charge on any atom is 0.326 e. The third-order valence-electron chi connectivity index (χ3n) is 3.37. The third kappa shape index (κ3) is 2.60. The number of carbonyl (C=O) groups is 1. The highest BCUT2D eigenvalue weighted by Gasteiger charge is 2.24. The maximum absolute atomic E-state index is 11.4. The molecular weight excluding hydrogens is 274 g/mol. The molecule has 0 aliphatic carbocycles. The lowest BCUT2D eigenvalue weighted by molar-refractivity contribution is -0.138. The highest BCUT2D eigenvalue weighted by molar-refractivity contribution is 7.18. The van der Waals surface area contributed by atoms with Gasteiger partial charge in [0.2, 0.25) is 0 Å². The van der Waals surface area contributed by atoms with Gasteiger partial charge in [-0.15, -0.1) is 11.3 Å². The molecule has 0 aliphatic heterocycles. The lowest BCUT2D eigenvalue weighted by Gasteiger charge is -2.19. The Morgan fingerprint density at radius 2 is 1.90 bits per heavy atom. The van der Waals surface area contributed by atoms with Crippen molar-refractivity contribution < 1.29 is 9.90 Å². The first-order chi connectivity index (χ1) is 9.31. The van der Waals surface area contributed by atoms with Crippen molar-refractivity contribution in [3.63, 3.8) is 0 Å². The van der Waals surface area contributed by atoms with Crippen LogP contribution >= 0.6 is 11.3 Å². The van der Waals surface area contributed by atoms with E-state index in [1.807, 2.05) is 34.6 Å². The molecule has 5 nitrogen and oxygen atoms in total. The van der Waals surface area contributed by atoms with Gasteiger partial charge in [-0.1, -0.05) is 13.8 Å². The molecule has 0 spiro atoms. The fourth-order valence-corrected chi connectivity index (χ4v) is 3.20. The largest absolute Gasteiger partial charge is 0.480 e. The van der Waals surface area contributed by atoms with Crippen molar-refractivity contribution in [1.29, 1.82) is 0 Å². The Morgan fingerprint density at radius 1 is 1.25 bits per heavy atom. The second kappa shape index (κ2) is 5.36. The molecule has 108 valence electrons. The molecule has 6 heteroatoms. The fraction of sp³-hybridized carbons (Fsp3) is 0.500. The van der Waals surface area contributed by atoms with Gasteiger partial charge < -0.3 is 10.4 Å². The van der Waals surface area contributed by atoms with Gasteiger partial charge in [0.25, 0.3) is 0 Å². The van der Waals surface area contributed by atoms with E-state index in [9.17, 15) is 9.90 Å². The number of carboxylic acids is 1. The zero-order valence-corrected chi connectivity index (χ0v) is 13.1. The summed E-state index contributed by atoms with van der Waals surface area (Å²) >= 11 is 1.61. The second-order valence-electron chi connectivity index (χ2n) is 5.29. The molecule has 2 heterocycles. The highest BCUT2D eigenvalue weighted by atomic mass is 32.1. The minimum atomic E-state index is -0.867. The molecule has 0 amide bonds. The molecule has 0 saturated carbocycles. The zero-order chi connectivity index (χ0) is 15.0. The molecule has 1 unspecified atom stereocenters. The summed E-state index contributed by atoms with van der Waals surface area (Å²) in [6.07, 6.45) is 0. The van der Waals surface area contributed by atoms with Crippen molar-refractivity contribution in [2.24, 2.45) is 5.92 Å². The smallest absolute Gasteiger partial charge is 0.326 e. The summed E-state index contributed by atoms with van der Waals surface area (Å²) in [5.41, 5.74) is 1.11.